The summed E-state index contributed by atoms with van der Waals surface area (Å²) in [5, 5.41) is 14.1. The van der Waals surface area contributed by atoms with Crippen LogP contribution in [-0.2, 0) is 4.79 Å². The molecule has 0 fully saturated rings. The number of nitrogens with one attached hydrogen (secondary N) is 1. The number of anilines is 1. The number of aromatic nitrogens is 1. The molecular weight excluding hydrogens is 326 g/mol. The van der Waals surface area contributed by atoms with Gasteiger partial charge in [-0.15, -0.1) is 0 Å². The van der Waals surface area contributed by atoms with Crippen molar-refractivity contribution in [3.05, 3.63) is 69.8 Å². The Labute approximate surface area is 141 Å². The molecule has 1 N–H and O–H groups in total. The van der Waals surface area contributed by atoms with E-state index in [1.165, 1.54) is 29.6 Å². The molecule has 0 bridgehead atoms. The van der Waals surface area contributed by atoms with Crippen LogP contribution in [0.25, 0.3) is 16.3 Å². The van der Waals surface area contributed by atoms with Crippen LogP contribution < -0.4 is 5.32 Å². The third kappa shape index (κ3) is 3.47. The minimum absolute atomic E-state index is 0.0444. The van der Waals surface area contributed by atoms with Gasteiger partial charge in [0.25, 0.3) is 5.69 Å². The number of hydrogen-bond acceptors (Lipinski definition) is 5. The zero-order chi connectivity index (χ0) is 17.1. The summed E-state index contributed by atoms with van der Waals surface area (Å²) in [5.41, 5.74) is 2.28. The predicted octanol–water partition coefficient (Wildman–Crippen LogP) is 4.16. The molecule has 0 aliphatic carbocycles. The molecule has 1 heterocycles. The van der Waals surface area contributed by atoms with E-state index in [2.05, 4.69) is 10.3 Å². The van der Waals surface area contributed by atoms with Crippen molar-refractivity contribution < 1.29 is 9.72 Å². The van der Waals surface area contributed by atoms with Gasteiger partial charge in [0.1, 0.15) is 0 Å². The Morgan fingerprint density at radius 1 is 1.29 bits per heavy atom. The van der Waals surface area contributed by atoms with E-state index in [1.54, 1.807) is 18.2 Å². The van der Waals surface area contributed by atoms with Crippen LogP contribution in [-0.4, -0.2) is 15.8 Å². The number of amides is 1. The molecule has 0 saturated heterocycles. The van der Waals surface area contributed by atoms with Crippen LogP contribution in [0.5, 0.6) is 0 Å². The Morgan fingerprint density at radius 2 is 2.08 bits per heavy atom. The second-order valence-electron chi connectivity index (χ2n) is 5.13. The third-order valence-electron chi connectivity index (χ3n) is 3.32. The number of hydrogen-bond donors (Lipinski definition) is 1. The van der Waals surface area contributed by atoms with E-state index >= 15 is 0 Å². The lowest BCUT2D eigenvalue weighted by molar-refractivity contribution is -0.385. The molecule has 0 radical (unpaired) electrons. The summed E-state index contributed by atoms with van der Waals surface area (Å²) in [6, 6.07) is 12.1. The molecule has 0 aliphatic rings. The summed E-state index contributed by atoms with van der Waals surface area (Å²) < 4.78 is 0.993. The van der Waals surface area contributed by atoms with Gasteiger partial charge in [0.05, 0.1) is 20.7 Å². The van der Waals surface area contributed by atoms with Gasteiger partial charge in [-0.2, -0.15) is 0 Å². The standard InChI is InChI=1S/C17H13N3O3S/c1-11-6-8-13-15(10-11)24-17(18-13)19-16(21)9-7-12-4-2-3-5-14(12)20(22)23/h2-10H,1H3,(H,18,19,21)/b9-7+. The predicted molar refractivity (Wildman–Crippen MR) is 95.1 cm³/mol. The van der Waals surface area contributed by atoms with Gasteiger partial charge in [0.2, 0.25) is 5.91 Å². The smallest absolute Gasteiger partial charge is 0.276 e. The van der Waals surface area contributed by atoms with Crippen LogP contribution in [0.3, 0.4) is 0 Å². The van der Waals surface area contributed by atoms with Gasteiger partial charge in [-0.25, -0.2) is 4.98 Å². The highest BCUT2D eigenvalue weighted by Crippen LogP contribution is 2.26. The lowest BCUT2D eigenvalue weighted by atomic mass is 10.1. The van der Waals surface area contributed by atoms with Crippen molar-refractivity contribution in [2.24, 2.45) is 0 Å². The molecule has 3 rings (SSSR count). The van der Waals surface area contributed by atoms with Crippen LogP contribution in [0.4, 0.5) is 10.8 Å². The molecule has 2 aromatic carbocycles. The zero-order valence-corrected chi connectivity index (χ0v) is 13.5. The van der Waals surface area contributed by atoms with E-state index < -0.39 is 4.92 Å². The molecule has 0 spiro atoms. The van der Waals surface area contributed by atoms with E-state index in [9.17, 15) is 14.9 Å². The van der Waals surface area contributed by atoms with Gasteiger partial charge in [-0.3, -0.25) is 20.2 Å². The quantitative estimate of drug-likeness (QED) is 0.439. The summed E-state index contributed by atoms with van der Waals surface area (Å²) in [7, 11) is 0. The zero-order valence-electron chi connectivity index (χ0n) is 12.7. The largest absolute Gasteiger partial charge is 0.298 e. The van der Waals surface area contributed by atoms with Gasteiger partial charge >= 0.3 is 0 Å². The molecule has 3 aromatic rings. The van der Waals surface area contributed by atoms with E-state index in [-0.39, 0.29) is 11.6 Å². The van der Waals surface area contributed by atoms with Crippen molar-refractivity contribution in [1.82, 2.24) is 4.98 Å². The van der Waals surface area contributed by atoms with Gasteiger partial charge < -0.3 is 0 Å². The Balaban J connectivity index is 1.76. The summed E-state index contributed by atoms with van der Waals surface area (Å²) >= 11 is 1.38. The van der Waals surface area contributed by atoms with Crippen molar-refractivity contribution in [3.8, 4) is 0 Å². The Hall–Kier alpha value is -3.06. The molecule has 7 heteroatoms. The molecule has 1 amide bonds. The second kappa shape index (κ2) is 6.59. The lowest BCUT2D eigenvalue weighted by Crippen LogP contribution is -2.07. The van der Waals surface area contributed by atoms with Crippen molar-refractivity contribution in [2.45, 2.75) is 6.92 Å². The normalized spacial score (nSPS) is 11.0. The Kier molecular flexibility index (Phi) is 4.35. The molecule has 0 aliphatic heterocycles. The number of carbonyl (C=O) groups is 1. The summed E-state index contributed by atoms with van der Waals surface area (Å²) in [6.07, 6.45) is 2.69. The number of nitro groups is 1. The van der Waals surface area contributed by atoms with E-state index in [0.717, 1.165) is 15.8 Å². The fraction of sp³-hybridized carbons (Fsp3) is 0.0588. The number of benzene rings is 2. The number of para-hydroxylation sites is 1. The van der Waals surface area contributed by atoms with Crippen molar-refractivity contribution in [1.29, 1.82) is 0 Å². The fourth-order valence-corrected chi connectivity index (χ4v) is 3.16. The number of aryl methyl sites for hydroxylation is 1. The first-order valence-electron chi connectivity index (χ1n) is 7.12. The van der Waals surface area contributed by atoms with Crippen LogP contribution >= 0.6 is 11.3 Å². The number of fused-ring (bicyclic) bond motifs is 1. The van der Waals surface area contributed by atoms with Crippen LogP contribution in [0, 0.1) is 17.0 Å². The van der Waals surface area contributed by atoms with Crippen molar-refractivity contribution in [3.63, 3.8) is 0 Å². The molecule has 120 valence electrons. The number of rotatable bonds is 4. The summed E-state index contributed by atoms with van der Waals surface area (Å²) in [5.74, 6) is -0.385. The molecule has 0 unspecified atom stereocenters. The van der Waals surface area contributed by atoms with Crippen LogP contribution in [0.2, 0.25) is 0 Å². The summed E-state index contributed by atoms with van der Waals surface area (Å²) in [4.78, 5) is 26.8. The highest BCUT2D eigenvalue weighted by atomic mass is 32.1. The summed E-state index contributed by atoms with van der Waals surface area (Å²) in [6.45, 7) is 1.99. The molecule has 0 atom stereocenters. The van der Waals surface area contributed by atoms with Crippen molar-refractivity contribution in [2.75, 3.05) is 5.32 Å². The Bertz CT molecular complexity index is 963. The van der Waals surface area contributed by atoms with Gasteiger partial charge in [-0.05, 0) is 36.8 Å². The maximum Gasteiger partial charge on any atom is 0.276 e. The first kappa shape index (κ1) is 15.8. The SMILES string of the molecule is Cc1ccc2nc(NC(=O)/C=C/c3ccccc3[N+](=O)[O-])sc2c1. The average molecular weight is 339 g/mol. The average Bonchev–Trinajstić information content (AvgIpc) is 2.94. The Morgan fingerprint density at radius 3 is 2.88 bits per heavy atom. The second-order valence-corrected chi connectivity index (χ2v) is 6.16. The minimum atomic E-state index is -0.479. The maximum atomic E-state index is 12.0. The van der Waals surface area contributed by atoms with E-state index in [0.29, 0.717) is 10.7 Å². The van der Waals surface area contributed by atoms with Gasteiger partial charge in [0.15, 0.2) is 5.13 Å². The number of thiazole rings is 1. The van der Waals surface area contributed by atoms with Crippen molar-refractivity contribution >= 4 is 44.4 Å². The topological polar surface area (TPSA) is 85.1 Å². The molecule has 6 nitrogen and oxygen atoms in total. The maximum absolute atomic E-state index is 12.0. The van der Waals surface area contributed by atoms with Crippen LogP contribution in [0.1, 0.15) is 11.1 Å². The first-order chi connectivity index (χ1) is 11.5. The molecule has 0 saturated carbocycles. The highest BCUT2D eigenvalue weighted by molar-refractivity contribution is 7.22. The number of nitro benzene ring substituents is 1. The number of nitrogens with zero attached hydrogens (tertiary/aromatic N) is 2. The van der Waals surface area contributed by atoms with E-state index in [1.807, 2.05) is 25.1 Å². The van der Waals surface area contributed by atoms with Gasteiger partial charge in [-0.1, -0.05) is 29.5 Å². The highest BCUT2D eigenvalue weighted by Gasteiger charge is 2.10. The molecule has 1 aromatic heterocycles. The van der Waals surface area contributed by atoms with Crippen LogP contribution in [0.15, 0.2) is 48.5 Å². The lowest BCUT2D eigenvalue weighted by Gasteiger charge is -1.97. The minimum Gasteiger partial charge on any atom is -0.298 e. The van der Waals surface area contributed by atoms with Gasteiger partial charge in [0, 0.05) is 12.1 Å². The molecule has 24 heavy (non-hydrogen) atoms. The molecular formula is C17H13N3O3S. The third-order valence-corrected chi connectivity index (χ3v) is 4.26. The first-order valence-corrected chi connectivity index (χ1v) is 7.94. The number of carbonyl (C=O) groups excluding carboxylic acids is 1. The fourth-order valence-electron chi connectivity index (χ4n) is 2.19. The monoisotopic (exact) mass is 339 g/mol. The van der Waals surface area contributed by atoms with E-state index in [4.69, 9.17) is 0 Å².